The van der Waals surface area contributed by atoms with E-state index in [1.807, 2.05) is 0 Å². The van der Waals surface area contributed by atoms with Crippen LogP contribution in [0.1, 0.15) is 44.1 Å². The normalized spacial score (nSPS) is 12.7. The van der Waals surface area contributed by atoms with Crippen molar-refractivity contribution < 1.29 is 0 Å². The van der Waals surface area contributed by atoms with E-state index in [-0.39, 0.29) is 0 Å². The molecule has 0 aliphatic carbocycles. The Hall–Kier alpha value is -0.490. The smallest absolute Gasteiger partial charge is 0.0223 e. The lowest BCUT2D eigenvalue weighted by Crippen LogP contribution is -1.97. The molecule has 0 nitrogen and oxygen atoms in total. The number of benzene rings is 1. The predicted octanol–water partition coefficient (Wildman–Crippen LogP) is 4.59. The summed E-state index contributed by atoms with van der Waals surface area (Å²) in [6.07, 6.45) is 4.89. The highest BCUT2D eigenvalue weighted by molar-refractivity contribution is 6.17. The third-order valence-corrected chi connectivity index (χ3v) is 2.97. The first-order chi connectivity index (χ1) is 6.88. The van der Waals surface area contributed by atoms with Gasteiger partial charge in [-0.05, 0) is 30.7 Å². The lowest BCUT2D eigenvalue weighted by molar-refractivity contribution is 0.571. The van der Waals surface area contributed by atoms with Crippen molar-refractivity contribution in [1.29, 1.82) is 0 Å². The van der Waals surface area contributed by atoms with Gasteiger partial charge in [-0.3, -0.25) is 0 Å². The largest absolute Gasteiger partial charge is 0.127 e. The molecule has 0 bridgehead atoms. The van der Waals surface area contributed by atoms with Gasteiger partial charge in [0.15, 0.2) is 0 Å². The van der Waals surface area contributed by atoms with E-state index < -0.39 is 0 Å². The molecule has 1 aromatic rings. The molecular formula is C13H19Cl. The zero-order valence-corrected chi connectivity index (χ0v) is 9.63. The van der Waals surface area contributed by atoms with Crippen LogP contribution in [0, 0.1) is 0 Å². The van der Waals surface area contributed by atoms with Crippen LogP contribution in [-0.2, 0) is 0 Å². The third kappa shape index (κ3) is 3.71. The second-order valence-corrected chi connectivity index (χ2v) is 4.08. The van der Waals surface area contributed by atoms with Crippen LogP contribution < -0.4 is 0 Å². The Labute approximate surface area is 92.3 Å². The van der Waals surface area contributed by atoms with Crippen LogP contribution in [0.4, 0.5) is 0 Å². The second-order valence-electron chi connectivity index (χ2n) is 3.70. The molecule has 0 saturated carbocycles. The van der Waals surface area contributed by atoms with Gasteiger partial charge in [0.2, 0.25) is 0 Å². The van der Waals surface area contributed by atoms with E-state index in [2.05, 4.69) is 37.3 Å². The molecule has 0 amide bonds. The molecule has 0 radical (unpaired) electrons. The number of halogens is 1. The Kier molecular flexibility index (Phi) is 5.70. The zero-order valence-electron chi connectivity index (χ0n) is 8.88. The van der Waals surface area contributed by atoms with Gasteiger partial charge in [-0.25, -0.2) is 0 Å². The van der Waals surface area contributed by atoms with Gasteiger partial charge in [0, 0.05) is 5.88 Å². The van der Waals surface area contributed by atoms with E-state index in [1.165, 1.54) is 24.8 Å². The first-order valence-corrected chi connectivity index (χ1v) is 6.02. The summed E-state index contributed by atoms with van der Waals surface area (Å²) in [5.74, 6) is 1.52. The Morgan fingerprint density at radius 2 is 1.86 bits per heavy atom. The molecule has 1 aromatic carbocycles. The molecule has 0 saturated heterocycles. The van der Waals surface area contributed by atoms with E-state index in [0.29, 0.717) is 0 Å². The molecule has 1 atom stereocenters. The van der Waals surface area contributed by atoms with Crippen LogP contribution >= 0.6 is 11.6 Å². The topological polar surface area (TPSA) is 0 Å². The summed E-state index contributed by atoms with van der Waals surface area (Å²) in [5.41, 5.74) is 1.48. The van der Waals surface area contributed by atoms with E-state index in [4.69, 9.17) is 11.6 Å². The lowest BCUT2D eigenvalue weighted by Gasteiger charge is -2.14. The molecule has 0 aliphatic rings. The van der Waals surface area contributed by atoms with Gasteiger partial charge < -0.3 is 0 Å². The van der Waals surface area contributed by atoms with Gasteiger partial charge in [-0.2, -0.15) is 0 Å². The van der Waals surface area contributed by atoms with Crippen LogP contribution in [0.25, 0.3) is 0 Å². The maximum absolute atomic E-state index is 5.67. The zero-order chi connectivity index (χ0) is 10.2. The fraction of sp³-hybridized carbons (Fsp3) is 0.538. The molecular weight excluding hydrogens is 192 g/mol. The maximum Gasteiger partial charge on any atom is 0.0223 e. The number of alkyl halides is 1. The van der Waals surface area contributed by atoms with Gasteiger partial charge in [0.25, 0.3) is 0 Å². The number of rotatable bonds is 6. The highest BCUT2D eigenvalue weighted by Crippen LogP contribution is 2.24. The van der Waals surface area contributed by atoms with Crippen molar-refractivity contribution in [2.45, 2.75) is 38.5 Å². The molecule has 78 valence electrons. The number of hydrogen-bond donors (Lipinski definition) is 0. The molecule has 1 rings (SSSR count). The van der Waals surface area contributed by atoms with Gasteiger partial charge in [0.1, 0.15) is 0 Å². The number of hydrogen-bond acceptors (Lipinski definition) is 0. The van der Waals surface area contributed by atoms with Crippen molar-refractivity contribution >= 4 is 11.6 Å². The van der Waals surface area contributed by atoms with E-state index in [0.717, 1.165) is 18.2 Å². The monoisotopic (exact) mass is 210 g/mol. The fourth-order valence-corrected chi connectivity index (χ4v) is 2.01. The molecule has 1 unspecified atom stereocenters. The molecule has 14 heavy (non-hydrogen) atoms. The Balaban J connectivity index is 2.46. The second kappa shape index (κ2) is 6.89. The summed E-state index contributed by atoms with van der Waals surface area (Å²) >= 11 is 5.67. The Morgan fingerprint density at radius 1 is 1.14 bits per heavy atom. The molecule has 0 fully saturated rings. The van der Waals surface area contributed by atoms with E-state index in [1.54, 1.807) is 0 Å². The van der Waals surface area contributed by atoms with E-state index >= 15 is 0 Å². The van der Waals surface area contributed by atoms with Crippen LogP contribution in [0.15, 0.2) is 30.3 Å². The van der Waals surface area contributed by atoms with Gasteiger partial charge >= 0.3 is 0 Å². The average molecular weight is 211 g/mol. The molecule has 0 heterocycles. The molecule has 0 aliphatic heterocycles. The Morgan fingerprint density at radius 3 is 2.43 bits per heavy atom. The standard InChI is InChI=1S/C13H19Cl/c1-2-12(8-6-7-11-14)13-9-4-3-5-10-13/h3-5,9-10,12H,2,6-8,11H2,1H3. The van der Waals surface area contributed by atoms with Crippen molar-refractivity contribution in [2.75, 3.05) is 5.88 Å². The minimum absolute atomic E-state index is 0.722. The maximum atomic E-state index is 5.67. The average Bonchev–Trinajstić information content (AvgIpc) is 2.26. The van der Waals surface area contributed by atoms with Gasteiger partial charge in [-0.1, -0.05) is 43.7 Å². The van der Waals surface area contributed by atoms with Crippen molar-refractivity contribution in [2.24, 2.45) is 0 Å². The summed E-state index contributed by atoms with van der Waals surface area (Å²) in [5, 5.41) is 0. The van der Waals surface area contributed by atoms with Crippen molar-refractivity contribution in [3.05, 3.63) is 35.9 Å². The summed E-state index contributed by atoms with van der Waals surface area (Å²) in [4.78, 5) is 0. The van der Waals surface area contributed by atoms with Gasteiger partial charge in [0.05, 0.1) is 0 Å². The van der Waals surface area contributed by atoms with Crippen molar-refractivity contribution in [1.82, 2.24) is 0 Å². The predicted molar refractivity (Wildman–Crippen MR) is 64.0 cm³/mol. The molecule has 0 aromatic heterocycles. The molecule has 0 spiro atoms. The van der Waals surface area contributed by atoms with E-state index in [9.17, 15) is 0 Å². The van der Waals surface area contributed by atoms with Crippen LogP contribution in [0.3, 0.4) is 0 Å². The summed E-state index contributed by atoms with van der Waals surface area (Å²) in [7, 11) is 0. The highest BCUT2D eigenvalue weighted by atomic mass is 35.5. The highest BCUT2D eigenvalue weighted by Gasteiger charge is 2.07. The summed E-state index contributed by atoms with van der Waals surface area (Å²) in [6, 6.07) is 10.8. The van der Waals surface area contributed by atoms with Crippen LogP contribution in [0.5, 0.6) is 0 Å². The quantitative estimate of drug-likeness (QED) is 0.476. The minimum Gasteiger partial charge on any atom is -0.127 e. The first kappa shape index (κ1) is 11.6. The van der Waals surface area contributed by atoms with Crippen molar-refractivity contribution in [3.63, 3.8) is 0 Å². The van der Waals surface area contributed by atoms with Crippen LogP contribution in [-0.4, -0.2) is 5.88 Å². The minimum atomic E-state index is 0.722. The summed E-state index contributed by atoms with van der Waals surface area (Å²) < 4.78 is 0. The first-order valence-electron chi connectivity index (χ1n) is 5.49. The number of unbranched alkanes of at least 4 members (excludes halogenated alkanes) is 1. The summed E-state index contributed by atoms with van der Waals surface area (Å²) in [6.45, 7) is 2.26. The molecule has 1 heteroatoms. The SMILES string of the molecule is CCC(CCCCCl)c1ccccc1. The lowest BCUT2D eigenvalue weighted by atomic mass is 9.91. The third-order valence-electron chi connectivity index (χ3n) is 2.70. The molecule has 0 N–H and O–H groups in total. The van der Waals surface area contributed by atoms with Gasteiger partial charge in [-0.15, -0.1) is 11.6 Å². The Bertz CT molecular complexity index is 230. The van der Waals surface area contributed by atoms with Crippen LogP contribution in [0.2, 0.25) is 0 Å². The fourth-order valence-electron chi connectivity index (χ4n) is 1.82. The van der Waals surface area contributed by atoms with Crippen molar-refractivity contribution in [3.8, 4) is 0 Å².